The van der Waals surface area contributed by atoms with Crippen LogP contribution >= 0.6 is 0 Å². The highest BCUT2D eigenvalue weighted by Crippen LogP contribution is 2.23. The minimum atomic E-state index is -1.02. The number of benzene rings is 1. The molecule has 0 fully saturated rings. The molecule has 1 aromatic carbocycles. The molecule has 0 atom stereocenters. The van der Waals surface area contributed by atoms with E-state index in [-0.39, 0.29) is 17.6 Å². The lowest BCUT2D eigenvalue weighted by molar-refractivity contribution is -0.383. The van der Waals surface area contributed by atoms with E-state index in [1.165, 1.54) is 6.07 Å². The quantitative estimate of drug-likeness (QED) is 0.642. The zero-order valence-corrected chi connectivity index (χ0v) is 8.66. The first-order valence-corrected chi connectivity index (χ1v) is 4.83. The maximum absolute atomic E-state index is 10.8. The molecule has 6 heteroatoms. The topological polar surface area (TPSA) is 93.3 Å². The summed E-state index contributed by atoms with van der Waals surface area (Å²) in [6, 6.07) is 7.80. The van der Waals surface area contributed by atoms with Crippen LogP contribution in [0.4, 0.5) is 5.69 Å². The molecule has 0 radical (unpaired) electrons. The molecule has 2 aromatic rings. The van der Waals surface area contributed by atoms with Gasteiger partial charge >= 0.3 is 5.97 Å². The van der Waals surface area contributed by atoms with Crippen molar-refractivity contribution in [2.24, 2.45) is 0 Å². The number of para-hydroxylation sites is 1. The van der Waals surface area contributed by atoms with Gasteiger partial charge < -0.3 is 5.11 Å². The van der Waals surface area contributed by atoms with Crippen LogP contribution in [-0.2, 0) is 11.2 Å². The minimum Gasteiger partial charge on any atom is -0.481 e. The van der Waals surface area contributed by atoms with Gasteiger partial charge in [-0.15, -0.1) is 0 Å². The monoisotopic (exact) mass is 232 g/mol. The lowest BCUT2D eigenvalue weighted by atomic mass is 10.1. The Morgan fingerprint density at radius 2 is 2.12 bits per heavy atom. The number of fused-ring (bicyclic) bond motifs is 1. The Bertz CT molecular complexity index is 609. The Morgan fingerprint density at radius 3 is 2.76 bits per heavy atom. The van der Waals surface area contributed by atoms with Crippen LogP contribution in [0.2, 0.25) is 0 Å². The molecule has 0 bridgehead atoms. The Hall–Kier alpha value is -2.50. The molecule has 17 heavy (non-hydrogen) atoms. The third-order valence-corrected chi connectivity index (χ3v) is 2.29. The number of hydrogen-bond acceptors (Lipinski definition) is 4. The fourth-order valence-corrected chi connectivity index (χ4v) is 1.57. The molecule has 0 aliphatic heterocycles. The number of carbonyl (C=O) groups is 1. The van der Waals surface area contributed by atoms with Gasteiger partial charge in [0.15, 0.2) is 0 Å². The van der Waals surface area contributed by atoms with E-state index >= 15 is 0 Å². The smallest absolute Gasteiger partial charge is 0.309 e. The standard InChI is InChI=1S/C11H8N2O4/c14-10(15)6-8-5-4-7-2-1-3-9(13(16)17)11(7)12-8/h1-5H,6H2,(H,14,15). The van der Waals surface area contributed by atoms with Crippen molar-refractivity contribution in [2.45, 2.75) is 6.42 Å². The van der Waals surface area contributed by atoms with E-state index in [0.717, 1.165) is 0 Å². The number of rotatable bonds is 3. The summed E-state index contributed by atoms with van der Waals surface area (Å²) in [5.41, 5.74) is 0.408. The maximum Gasteiger partial charge on any atom is 0.309 e. The van der Waals surface area contributed by atoms with E-state index < -0.39 is 10.9 Å². The molecule has 1 aromatic heterocycles. The van der Waals surface area contributed by atoms with Crippen molar-refractivity contribution >= 4 is 22.6 Å². The minimum absolute atomic E-state index is 0.116. The first-order chi connectivity index (χ1) is 8.08. The van der Waals surface area contributed by atoms with Crippen LogP contribution in [0.1, 0.15) is 5.69 Å². The predicted molar refractivity (Wildman–Crippen MR) is 59.7 cm³/mol. The normalized spacial score (nSPS) is 10.4. The number of carboxylic acid groups (broad SMARTS) is 1. The van der Waals surface area contributed by atoms with Gasteiger partial charge in [0.2, 0.25) is 0 Å². The highest BCUT2D eigenvalue weighted by atomic mass is 16.6. The fraction of sp³-hybridized carbons (Fsp3) is 0.0909. The SMILES string of the molecule is O=C(O)Cc1ccc2cccc([N+](=O)[O-])c2n1. The molecule has 6 nitrogen and oxygen atoms in total. The summed E-state index contributed by atoms with van der Waals surface area (Å²) in [6.45, 7) is 0. The third-order valence-electron chi connectivity index (χ3n) is 2.29. The van der Waals surface area contributed by atoms with E-state index in [1.54, 1.807) is 24.3 Å². The van der Waals surface area contributed by atoms with Crippen molar-refractivity contribution in [3.05, 3.63) is 46.1 Å². The highest BCUT2D eigenvalue weighted by molar-refractivity contribution is 5.87. The van der Waals surface area contributed by atoms with Gasteiger partial charge in [0.1, 0.15) is 5.52 Å². The van der Waals surface area contributed by atoms with Crippen LogP contribution in [0.5, 0.6) is 0 Å². The average Bonchev–Trinajstić information content (AvgIpc) is 2.27. The Morgan fingerprint density at radius 1 is 1.35 bits per heavy atom. The number of nitro groups is 1. The summed E-state index contributed by atoms with van der Waals surface area (Å²) in [7, 11) is 0. The summed E-state index contributed by atoms with van der Waals surface area (Å²) in [5.74, 6) is -1.02. The first kappa shape index (κ1) is 11.0. The van der Waals surface area contributed by atoms with E-state index in [2.05, 4.69) is 4.98 Å². The van der Waals surface area contributed by atoms with Crippen LogP contribution in [0.3, 0.4) is 0 Å². The molecule has 0 amide bonds. The van der Waals surface area contributed by atoms with Crippen molar-refractivity contribution in [1.82, 2.24) is 4.98 Å². The summed E-state index contributed by atoms with van der Waals surface area (Å²) in [5, 5.41) is 20.1. The van der Waals surface area contributed by atoms with Crippen LogP contribution < -0.4 is 0 Å². The molecule has 1 heterocycles. The van der Waals surface area contributed by atoms with Gasteiger partial charge in [0.05, 0.1) is 17.0 Å². The van der Waals surface area contributed by atoms with Crippen LogP contribution in [0.15, 0.2) is 30.3 Å². The number of aliphatic carboxylic acids is 1. The van der Waals surface area contributed by atoms with Gasteiger partial charge in [-0.2, -0.15) is 0 Å². The lowest BCUT2D eigenvalue weighted by Crippen LogP contribution is -2.02. The predicted octanol–water partition coefficient (Wildman–Crippen LogP) is 1.77. The van der Waals surface area contributed by atoms with Gasteiger partial charge in [-0.05, 0) is 6.07 Å². The molecule has 86 valence electrons. The van der Waals surface area contributed by atoms with Crippen LogP contribution in [0, 0.1) is 10.1 Å². The summed E-state index contributed by atoms with van der Waals surface area (Å²) in [4.78, 5) is 24.8. The highest BCUT2D eigenvalue weighted by Gasteiger charge is 2.13. The molecule has 0 saturated carbocycles. The van der Waals surface area contributed by atoms with Crippen molar-refractivity contribution in [1.29, 1.82) is 0 Å². The number of pyridine rings is 1. The number of nitrogens with zero attached hydrogens (tertiary/aromatic N) is 2. The number of non-ortho nitro benzene ring substituents is 1. The Balaban J connectivity index is 2.61. The number of carboxylic acids is 1. The summed E-state index contributed by atoms with van der Waals surface area (Å²) in [6.07, 6.45) is -0.248. The first-order valence-electron chi connectivity index (χ1n) is 4.83. The molecule has 0 unspecified atom stereocenters. The Labute approximate surface area is 95.7 Å². The van der Waals surface area contributed by atoms with Crippen molar-refractivity contribution in [3.8, 4) is 0 Å². The number of hydrogen-bond donors (Lipinski definition) is 1. The van der Waals surface area contributed by atoms with E-state index in [1.807, 2.05) is 0 Å². The Kier molecular flexibility index (Phi) is 2.70. The van der Waals surface area contributed by atoms with Gasteiger partial charge in [0.25, 0.3) is 5.69 Å². The zero-order chi connectivity index (χ0) is 12.4. The van der Waals surface area contributed by atoms with Crippen LogP contribution in [-0.4, -0.2) is 21.0 Å². The molecular weight excluding hydrogens is 224 g/mol. The maximum atomic E-state index is 10.8. The zero-order valence-electron chi connectivity index (χ0n) is 8.66. The molecular formula is C11H8N2O4. The van der Waals surface area contributed by atoms with Crippen molar-refractivity contribution in [3.63, 3.8) is 0 Å². The van der Waals surface area contributed by atoms with Gasteiger partial charge in [0, 0.05) is 11.5 Å². The summed E-state index contributed by atoms with van der Waals surface area (Å²) >= 11 is 0. The van der Waals surface area contributed by atoms with E-state index in [4.69, 9.17) is 5.11 Å². The largest absolute Gasteiger partial charge is 0.481 e. The van der Waals surface area contributed by atoms with Crippen LogP contribution in [0.25, 0.3) is 10.9 Å². The molecule has 1 N–H and O–H groups in total. The second kappa shape index (κ2) is 4.17. The summed E-state index contributed by atoms with van der Waals surface area (Å²) < 4.78 is 0. The molecule has 0 spiro atoms. The molecule has 0 aliphatic carbocycles. The molecule has 2 rings (SSSR count). The van der Waals surface area contributed by atoms with Gasteiger partial charge in [-0.1, -0.05) is 18.2 Å². The molecule has 0 saturated heterocycles. The second-order valence-corrected chi connectivity index (χ2v) is 3.48. The second-order valence-electron chi connectivity index (χ2n) is 3.48. The van der Waals surface area contributed by atoms with Crippen molar-refractivity contribution in [2.75, 3.05) is 0 Å². The van der Waals surface area contributed by atoms with Crippen molar-refractivity contribution < 1.29 is 14.8 Å². The van der Waals surface area contributed by atoms with Gasteiger partial charge in [-0.25, -0.2) is 4.98 Å². The fourth-order valence-electron chi connectivity index (χ4n) is 1.57. The van der Waals surface area contributed by atoms with E-state index in [9.17, 15) is 14.9 Å². The van der Waals surface area contributed by atoms with E-state index in [0.29, 0.717) is 11.1 Å². The number of aromatic nitrogens is 1. The number of nitro benzene ring substituents is 1. The lowest BCUT2D eigenvalue weighted by Gasteiger charge is -2.01. The average molecular weight is 232 g/mol. The van der Waals surface area contributed by atoms with Gasteiger partial charge in [-0.3, -0.25) is 14.9 Å². The molecule has 0 aliphatic rings. The third kappa shape index (κ3) is 2.20.